The lowest BCUT2D eigenvalue weighted by Gasteiger charge is -2.22. The molecule has 0 atom stereocenters. The van der Waals surface area contributed by atoms with Crippen LogP contribution in [0, 0.1) is 0 Å². The Hall–Kier alpha value is -1.30. The van der Waals surface area contributed by atoms with E-state index in [1.807, 2.05) is 17.7 Å². The molecule has 0 bridgehead atoms. The molecule has 112 valence electrons. The summed E-state index contributed by atoms with van der Waals surface area (Å²) >= 11 is 3.40. The predicted octanol–water partition coefficient (Wildman–Crippen LogP) is 2.21. The minimum atomic E-state index is -0.109. The number of rotatable bonds is 6. The van der Waals surface area contributed by atoms with E-state index in [1.54, 1.807) is 25.1 Å². The number of halogens is 1. The van der Waals surface area contributed by atoms with Gasteiger partial charge in [-0.2, -0.15) is 0 Å². The minimum Gasteiger partial charge on any atom is -0.347 e. The third-order valence-corrected chi connectivity index (χ3v) is 3.47. The van der Waals surface area contributed by atoms with E-state index in [9.17, 15) is 9.59 Å². The maximum Gasteiger partial charge on any atom is 0.270 e. The fourth-order valence-corrected chi connectivity index (χ4v) is 2.34. The van der Waals surface area contributed by atoms with Crippen molar-refractivity contribution in [3.05, 3.63) is 22.4 Å². The number of carbonyl (C=O) groups is 2. The fourth-order valence-electron chi connectivity index (χ4n) is 1.87. The van der Waals surface area contributed by atoms with Crippen LogP contribution in [0.4, 0.5) is 0 Å². The molecule has 0 spiro atoms. The van der Waals surface area contributed by atoms with Crippen molar-refractivity contribution in [3.8, 4) is 0 Å². The van der Waals surface area contributed by atoms with Crippen LogP contribution in [0.2, 0.25) is 0 Å². The lowest BCUT2D eigenvalue weighted by Crippen LogP contribution is -2.40. The molecule has 0 N–H and O–H groups in total. The summed E-state index contributed by atoms with van der Waals surface area (Å²) in [6.45, 7) is 5.34. The highest BCUT2D eigenvalue weighted by Gasteiger charge is 2.21. The lowest BCUT2D eigenvalue weighted by atomic mass is 10.3. The molecule has 0 radical (unpaired) electrons. The zero-order valence-electron chi connectivity index (χ0n) is 12.5. The third-order valence-electron chi connectivity index (χ3n) is 3.04. The summed E-state index contributed by atoms with van der Waals surface area (Å²) in [5, 5.41) is 0. The molecule has 0 unspecified atom stereocenters. The standard InChI is InChI=1S/C14H22BrN3O2/c1-5-7-18-9-11(15)8-12(18)14(20)17(6-2)10-13(19)16(3)4/h8-9H,5-7,10H2,1-4H3. The smallest absolute Gasteiger partial charge is 0.270 e. The molecule has 1 rings (SSSR count). The number of aromatic nitrogens is 1. The van der Waals surface area contributed by atoms with Gasteiger partial charge in [-0.05, 0) is 35.3 Å². The summed E-state index contributed by atoms with van der Waals surface area (Å²) in [5.41, 5.74) is 0.618. The second kappa shape index (κ2) is 7.47. The van der Waals surface area contributed by atoms with Crippen molar-refractivity contribution in [3.63, 3.8) is 0 Å². The summed E-state index contributed by atoms with van der Waals surface area (Å²) < 4.78 is 2.80. The minimum absolute atomic E-state index is 0.0761. The Kier molecular flexibility index (Phi) is 6.26. The molecule has 0 aliphatic carbocycles. The molecule has 0 aliphatic rings. The molecule has 6 heteroatoms. The number of hydrogen-bond donors (Lipinski definition) is 0. The average Bonchev–Trinajstić information content (AvgIpc) is 2.76. The zero-order valence-corrected chi connectivity index (χ0v) is 14.1. The van der Waals surface area contributed by atoms with E-state index in [1.165, 1.54) is 4.90 Å². The molecule has 0 saturated carbocycles. The third kappa shape index (κ3) is 4.10. The Morgan fingerprint density at radius 1 is 1.30 bits per heavy atom. The van der Waals surface area contributed by atoms with Crippen molar-refractivity contribution in [2.24, 2.45) is 0 Å². The van der Waals surface area contributed by atoms with Crippen LogP contribution in [0.1, 0.15) is 30.8 Å². The van der Waals surface area contributed by atoms with Gasteiger partial charge in [-0.3, -0.25) is 9.59 Å². The average molecular weight is 344 g/mol. The van der Waals surface area contributed by atoms with E-state index >= 15 is 0 Å². The van der Waals surface area contributed by atoms with Gasteiger partial charge in [-0.15, -0.1) is 0 Å². The Bertz CT molecular complexity index is 483. The normalized spacial score (nSPS) is 10.4. The summed E-state index contributed by atoms with van der Waals surface area (Å²) in [5.74, 6) is -0.185. The maximum absolute atomic E-state index is 12.6. The van der Waals surface area contributed by atoms with Gasteiger partial charge in [0.1, 0.15) is 12.2 Å². The van der Waals surface area contributed by atoms with E-state index in [2.05, 4.69) is 22.9 Å². The van der Waals surface area contributed by atoms with E-state index in [-0.39, 0.29) is 18.4 Å². The number of hydrogen-bond acceptors (Lipinski definition) is 2. The summed E-state index contributed by atoms with van der Waals surface area (Å²) in [6, 6.07) is 1.81. The van der Waals surface area contributed by atoms with Crippen molar-refractivity contribution in [2.75, 3.05) is 27.2 Å². The van der Waals surface area contributed by atoms with Gasteiger partial charge in [-0.1, -0.05) is 6.92 Å². The SMILES string of the molecule is CCCn1cc(Br)cc1C(=O)N(CC)CC(=O)N(C)C. The molecule has 20 heavy (non-hydrogen) atoms. The molecule has 0 aliphatic heterocycles. The van der Waals surface area contributed by atoms with Crippen molar-refractivity contribution in [1.82, 2.24) is 14.4 Å². The summed E-state index contributed by atoms with van der Waals surface area (Å²) in [7, 11) is 3.38. The second-order valence-electron chi connectivity index (χ2n) is 4.84. The first-order chi connectivity index (χ1) is 9.40. The molecular weight excluding hydrogens is 322 g/mol. The van der Waals surface area contributed by atoms with Crippen molar-refractivity contribution in [2.45, 2.75) is 26.8 Å². The predicted molar refractivity (Wildman–Crippen MR) is 82.7 cm³/mol. The van der Waals surface area contributed by atoms with E-state index < -0.39 is 0 Å². The Morgan fingerprint density at radius 2 is 1.95 bits per heavy atom. The van der Waals surface area contributed by atoms with E-state index in [4.69, 9.17) is 0 Å². The molecule has 2 amide bonds. The van der Waals surface area contributed by atoms with Gasteiger partial charge in [-0.25, -0.2) is 0 Å². The topological polar surface area (TPSA) is 45.6 Å². The van der Waals surface area contributed by atoms with Crippen molar-refractivity contribution >= 4 is 27.7 Å². The summed E-state index contributed by atoms with van der Waals surface area (Å²) in [4.78, 5) is 27.4. The molecule has 0 aromatic carbocycles. The monoisotopic (exact) mass is 343 g/mol. The summed E-state index contributed by atoms with van der Waals surface area (Å²) in [6.07, 6.45) is 2.85. The van der Waals surface area contributed by atoms with Gasteiger partial charge >= 0.3 is 0 Å². The van der Waals surface area contributed by atoms with Gasteiger partial charge < -0.3 is 14.4 Å². The second-order valence-corrected chi connectivity index (χ2v) is 5.76. The van der Waals surface area contributed by atoms with Crippen LogP contribution < -0.4 is 0 Å². The first-order valence-electron chi connectivity index (χ1n) is 6.75. The van der Waals surface area contributed by atoms with E-state index in [0.29, 0.717) is 12.2 Å². The first kappa shape index (κ1) is 16.8. The van der Waals surface area contributed by atoms with Crippen LogP contribution >= 0.6 is 15.9 Å². The van der Waals surface area contributed by atoms with Gasteiger partial charge in [0.05, 0.1) is 0 Å². The number of aryl methyl sites for hydroxylation is 1. The number of carbonyl (C=O) groups excluding carboxylic acids is 2. The van der Waals surface area contributed by atoms with Crippen LogP contribution in [0.25, 0.3) is 0 Å². The van der Waals surface area contributed by atoms with Crippen molar-refractivity contribution in [1.29, 1.82) is 0 Å². The van der Waals surface area contributed by atoms with Crippen LogP contribution in [0.15, 0.2) is 16.7 Å². The highest BCUT2D eigenvalue weighted by Crippen LogP contribution is 2.17. The molecular formula is C14H22BrN3O2. The highest BCUT2D eigenvalue weighted by molar-refractivity contribution is 9.10. The van der Waals surface area contributed by atoms with Crippen LogP contribution in [-0.2, 0) is 11.3 Å². The maximum atomic E-state index is 12.6. The Labute approximate surface area is 128 Å². The van der Waals surface area contributed by atoms with Gasteiger partial charge in [0.15, 0.2) is 0 Å². The lowest BCUT2D eigenvalue weighted by molar-refractivity contribution is -0.129. The van der Waals surface area contributed by atoms with Crippen LogP contribution in [-0.4, -0.2) is 53.4 Å². The number of amides is 2. The molecule has 0 fully saturated rings. The molecule has 0 saturated heterocycles. The van der Waals surface area contributed by atoms with Crippen LogP contribution in [0.5, 0.6) is 0 Å². The Balaban J connectivity index is 2.93. The van der Waals surface area contributed by atoms with Crippen LogP contribution in [0.3, 0.4) is 0 Å². The van der Waals surface area contributed by atoms with E-state index in [0.717, 1.165) is 17.4 Å². The van der Waals surface area contributed by atoms with Gasteiger partial charge in [0.25, 0.3) is 5.91 Å². The number of likely N-dealkylation sites (N-methyl/N-ethyl adjacent to an activating group) is 2. The van der Waals surface area contributed by atoms with Gasteiger partial charge in [0.2, 0.25) is 5.91 Å². The highest BCUT2D eigenvalue weighted by atomic mass is 79.9. The molecule has 1 aromatic heterocycles. The first-order valence-corrected chi connectivity index (χ1v) is 7.55. The van der Waals surface area contributed by atoms with Gasteiger partial charge in [0, 0.05) is 37.9 Å². The Morgan fingerprint density at radius 3 is 2.45 bits per heavy atom. The largest absolute Gasteiger partial charge is 0.347 e. The number of nitrogens with zero attached hydrogens (tertiary/aromatic N) is 3. The zero-order chi connectivity index (χ0) is 15.3. The van der Waals surface area contributed by atoms with Crippen molar-refractivity contribution < 1.29 is 9.59 Å². The molecule has 1 heterocycles. The quantitative estimate of drug-likeness (QED) is 0.794. The molecule has 5 nitrogen and oxygen atoms in total. The molecule has 1 aromatic rings. The fraction of sp³-hybridized carbons (Fsp3) is 0.571.